The second-order valence-corrected chi connectivity index (χ2v) is 24.9. The zero-order valence-corrected chi connectivity index (χ0v) is 55.0. The average molecular weight is 1230 g/mol. The molecule has 0 saturated carbocycles. The average Bonchev–Trinajstić information content (AvgIpc) is 0.792. The van der Waals surface area contributed by atoms with Gasteiger partial charge >= 0.3 is 0 Å². The van der Waals surface area contributed by atoms with Crippen LogP contribution in [0.3, 0.4) is 0 Å². The number of benzene rings is 13. The van der Waals surface area contributed by atoms with Crippen molar-refractivity contribution in [2.75, 3.05) is 0 Å². The van der Waals surface area contributed by atoms with Crippen molar-refractivity contribution >= 4 is 0 Å². The lowest BCUT2D eigenvalue weighted by Gasteiger charge is -2.17. The number of rotatable bonds is 13. The molecule has 15 rings (SSSR count). The highest BCUT2D eigenvalue weighted by Gasteiger charge is 2.22. The van der Waals surface area contributed by atoms with Crippen LogP contribution in [0.4, 0.5) is 0 Å². The van der Waals surface area contributed by atoms with Crippen LogP contribution in [-0.2, 0) is 0 Å². The summed E-state index contributed by atoms with van der Waals surface area (Å²) in [6, 6.07) is 116. The van der Waals surface area contributed by atoms with Crippen molar-refractivity contribution in [3.8, 4) is 146 Å². The van der Waals surface area contributed by atoms with E-state index in [4.69, 9.17) is 19.9 Å². The molecule has 0 atom stereocenters. The Morgan fingerprint density at radius 3 is 0.698 bits per heavy atom. The molecule has 96 heavy (non-hydrogen) atoms. The fourth-order valence-electron chi connectivity index (χ4n) is 12.7. The normalized spacial score (nSPS) is 11.0. The van der Waals surface area contributed by atoms with E-state index in [1.807, 2.05) is 30.3 Å². The molecular weight excluding hydrogens is 1160 g/mol. The highest BCUT2D eigenvalue weighted by molar-refractivity contribution is 5.90. The fourth-order valence-corrected chi connectivity index (χ4v) is 12.7. The van der Waals surface area contributed by atoms with Crippen molar-refractivity contribution in [3.63, 3.8) is 0 Å². The Balaban J connectivity index is 0.000000166. The zero-order chi connectivity index (χ0) is 65.5. The molecule has 0 radical (unpaired) electrons. The second-order valence-electron chi connectivity index (χ2n) is 24.9. The first kappa shape index (κ1) is 61.5. The van der Waals surface area contributed by atoms with E-state index < -0.39 is 0 Å². The maximum atomic E-state index is 5.44. The molecular formula is C92H72N4. The lowest BCUT2D eigenvalue weighted by Crippen LogP contribution is -2.01. The van der Waals surface area contributed by atoms with Gasteiger partial charge in [0.25, 0.3) is 0 Å². The molecule has 2 heterocycles. The fraction of sp³-hybridized carbons (Fsp3) is 0.0652. The molecule has 15 aromatic rings. The molecule has 0 fully saturated rings. The summed E-state index contributed by atoms with van der Waals surface area (Å²) in [7, 11) is 0. The number of aryl methyl sites for hydroxylation is 6. The van der Waals surface area contributed by atoms with E-state index in [1.165, 1.54) is 83.5 Å². The zero-order valence-electron chi connectivity index (χ0n) is 55.0. The van der Waals surface area contributed by atoms with Gasteiger partial charge in [0.05, 0.1) is 45.6 Å². The van der Waals surface area contributed by atoms with Crippen LogP contribution in [0.5, 0.6) is 0 Å². The van der Waals surface area contributed by atoms with Gasteiger partial charge in [0, 0.05) is 44.5 Å². The van der Waals surface area contributed by atoms with Crippen LogP contribution >= 0.6 is 0 Å². The molecule has 0 unspecified atom stereocenters. The van der Waals surface area contributed by atoms with Gasteiger partial charge in [-0.05, 0) is 126 Å². The Hall–Kier alpha value is -12.0. The van der Waals surface area contributed by atoms with Crippen LogP contribution in [0.25, 0.3) is 146 Å². The molecule has 2 aromatic heterocycles. The predicted molar refractivity (Wildman–Crippen MR) is 403 cm³/mol. The standard InChI is InChI=1S/C48H36N2.C44H36N2/c1-33-21-24-35(25-22-33)42-26-23-34(2)44(32-42)43-20-12-19-41(31-43)36-27-29-40(30-28-36)48-47(39-17-10-5-11-18-39)49-45(37-13-6-3-7-14-37)46(50-48)38-15-8-4-9-16-38;1-29-15-17-31(3)39(27-29)33-19-23-37(24-20-33)43-41(35-11-7-5-8-12-35)46-44(42(45-43)36-13-9-6-10-14-36)38-25-21-34(22-26-38)40-28-30(2)16-18-32(40)4/h3-32H,1-2H3;5-28H,1-4H3. The number of nitrogens with zero attached hydrogens (tertiary/aromatic N) is 4. The maximum absolute atomic E-state index is 5.44. The van der Waals surface area contributed by atoms with Gasteiger partial charge in [-0.3, -0.25) is 0 Å². The largest absolute Gasteiger partial charge is 0.243 e. The predicted octanol–water partition coefficient (Wildman–Crippen LogP) is 24.5. The summed E-state index contributed by atoms with van der Waals surface area (Å²) in [5.74, 6) is 0. The SMILES string of the molecule is Cc1ccc(-c2ccc(C)c(-c3cccc(-c4ccc(-c5nc(-c6ccccc6)c(-c6ccccc6)nc5-c5ccccc5)cc4)c3)c2)cc1.Cc1ccc(C)c(-c2ccc(-c3nc(-c4ccccc4)c(-c4ccc(-c5cc(C)ccc5C)cc4)nc3-c3ccccc3)cc2)c1. The third-order valence-electron chi connectivity index (χ3n) is 18.0. The van der Waals surface area contributed by atoms with E-state index in [0.29, 0.717) is 0 Å². The summed E-state index contributed by atoms with van der Waals surface area (Å²) in [4.78, 5) is 21.7. The molecule has 0 bridgehead atoms. The van der Waals surface area contributed by atoms with Crippen LogP contribution in [0.15, 0.2) is 328 Å². The topological polar surface area (TPSA) is 51.6 Å². The van der Waals surface area contributed by atoms with Crippen molar-refractivity contribution in [2.24, 2.45) is 0 Å². The van der Waals surface area contributed by atoms with E-state index in [1.54, 1.807) is 0 Å². The van der Waals surface area contributed by atoms with Gasteiger partial charge in [-0.1, -0.05) is 332 Å². The van der Waals surface area contributed by atoms with Crippen molar-refractivity contribution in [2.45, 2.75) is 41.5 Å². The summed E-state index contributed by atoms with van der Waals surface area (Å²) in [5, 5.41) is 0. The Kier molecular flexibility index (Phi) is 17.7. The lowest BCUT2D eigenvalue weighted by molar-refractivity contribution is 1.21. The molecule has 4 heteroatoms. The highest BCUT2D eigenvalue weighted by atomic mass is 14.9. The van der Waals surface area contributed by atoms with Crippen LogP contribution < -0.4 is 0 Å². The van der Waals surface area contributed by atoms with Crippen molar-refractivity contribution in [1.29, 1.82) is 0 Å². The van der Waals surface area contributed by atoms with E-state index in [2.05, 4.69) is 339 Å². The Bertz CT molecular complexity index is 5050. The lowest BCUT2D eigenvalue weighted by atomic mass is 9.92. The molecule has 13 aromatic carbocycles. The van der Waals surface area contributed by atoms with Crippen LogP contribution in [0.2, 0.25) is 0 Å². The first-order chi connectivity index (χ1) is 47.0. The molecule has 0 N–H and O–H groups in total. The minimum absolute atomic E-state index is 0.860. The Labute approximate surface area is 564 Å². The molecule has 0 aliphatic heterocycles. The van der Waals surface area contributed by atoms with Gasteiger partial charge < -0.3 is 0 Å². The summed E-state index contributed by atoms with van der Waals surface area (Å²) >= 11 is 0. The Morgan fingerprint density at radius 1 is 0.146 bits per heavy atom. The monoisotopic (exact) mass is 1230 g/mol. The minimum atomic E-state index is 0.860. The van der Waals surface area contributed by atoms with Crippen molar-refractivity contribution < 1.29 is 0 Å². The summed E-state index contributed by atoms with van der Waals surface area (Å²) in [6.45, 7) is 12.9. The quantitative estimate of drug-likeness (QED) is 0.115. The van der Waals surface area contributed by atoms with Gasteiger partial charge in [0.15, 0.2) is 0 Å². The van der Waals surface area contributed by atoms with Crippen molar-refractivity contribution in [3.05, 3.63) is 361 Å². The van der Waals surface area contributed by atoms with E-state index in [0.717, 1.165) is 95.6 Å². The Morgan fingerprint density at radius 2 is 0.365 bits per heavy atom. The van der Waals surface area contributed by atoms with E-state index in [-0.39, 0.29) is 0 Å². The van der Waals surface area contributed by atoms with Gasteiger partial charge in [-0.15, -0.1) is 0 Å². The highest BCUT2D eigenvalue weighted by Crippen LogP contribution is 2.42. The second kappa shape index (κ2) is 27.7. The molecule has 0 amide bonds. The van der Waals surface area contributed by atoms with Crippen LogP contribution in [-0.4, -0.2) is 19.9 Å². The summed E-state index contributed by atoms with van der Waals surface area (Å²) in [6.07, 6.45) is 0. The van der Waals surface area contributed by atoms with Crippen LogP contribution in [0.1, 0.15) is 33.4 Å². The molecule has 0 saturated heterocycles. The van der Waals surface area contributed by atoms with Gasteiger partial charge in [-0.25, -0.2) is 19.9 Å². The van der Waals surface area contributed by atoms with E-state index in [9.17, 15) is 0 Å². The summed E-state index contributed by atoms with van der Waals surface area (Å²) in [5.41, 5.74) is 34.9. The van der Waals surface area contributed by atoms with Gasteiger partial charge in [0.2, 0.25) is 0 Å². The van der Waals surface area contributed by atoms with Crippen LogP contribution in [0, 0.1) is 41.5 Å². The minimum Gasteiger partial charge on any atom is -0.243 e. The van der Waals surface area contributed by atoms with Gasteiger partial charge in [0.1, 0.15) is 0 Å². The number of hydrogen-bond donors (Lipinski definition) is 0. The molecule has 0 spiro atoms. The van der Waals surface area contributed by atoms with Crippen molar-refractivity contribution in [1.82, 2.24) is 19.9 Å². The summed E-state index contributed by atoms with van der Waals surface area (Å²) < 4.78 is 0. The number of aromatic nitrogens is 4. The third-order valence-corrected chi connectivity index (χ3v) is 18.0. The molecule has 0 aliphatic rings. The first-order valence-corrected chi connectivity index (χ1v) is 32.9. The molecule has 0 aliphatic carbocycles. The molecule has 460 valence electrons. The smallest absolute Gasteiger partial charge is 0.0973 e. The number of hydrogen-bond acceptors (Lipinski definition) is 4. The first-order valence-electron chi connectivity index (χ1n) is 32.9. The maximum Gasteiger partial charge on any atom is 0.0973 e. The molecule has 4 nitrogen and oxygen atoms in total. The van der Waals surface area contributed by atoms with E-state index >= 15 is 0 Å². The third kappa shape index (κ3) is 13.3. The van der Waals surface area contributed by atoms with Gasteiger partial charge in [-0.2, -0.15) is 0 Å².